The highest BCUT2D eigenvalue weighted by Crippen LogP contribution is 2.13. The number of carbonyl (C=O) groups is 1. The molecule has 0 aliphatic rings. The molecule has 0 aromatic heterocycles. The first-order chi connectivity index (χ1) is 9.12. The summed E-state index contributed by atoms with van der Waals surface area (Å²) in [4.78, 5) is 11.3. The third-order valence-electron chi connectivity index (χ3n) is 3.76. The van der Waals surface area contributed by atoms with Gasteiger partial charge in [-0.25, -0.2) is 4.79 Å². The first-order valence-electron chi connectivity index (χ1n) is 7.03. The van der Waals surface area contributed by atoms with Gasteiger partial charge in [-0.2, -0.15) is 0 Å². The third-order valence-corrected chi connectivity index (χ3v) is 3.76. The minimum absolute atomic E-state index is 0.287. The van der Waals surface area contributed by atoms with E-state index in [1.165, 1.54) is 25.5 Å². The Morgan fingerprint density at radius 2 is 1.79 bits per heavy atom. The number of hydrogen-bond donors (Lipinski definition) is 1. The Bertz CT molecular complexity index is 382. The molecule has 1 aromatic rings. The van der Waals surface area contributed by atoms with Gasteiger partial charge in [-0.1, -0.05) is 38.8 Å². The van der Waals surface area contributed by atoms with E-state index in [4.69, 9.17) is 0 Å². The topological polar surface area (TPSA) is 38.3 Å². The molecule has 1 rings (SSSR count). The summed E-state index contributed by atoms with van der Waals surface area (Å²) in [6.07, 6.45) is 2.40. The molecule has 0 bridgehead atoms. The van der Waals surface area contributed by atoms with Crippen LogP contribution in [-0.2, 0) is 11.3 Å². The van der Waals surface area contributed by atoms with Crippen LogP contribution in [0.25, 0.3) is 0 Å². The average molecular weight is 263 g/mol. The Balaban J connectivity index is 2.52. The molecule has 0 saturated heterocycles. The Morgan fingerprint density at radius 1 is 1.21 bits per heavy atom. The number of hydrogen-bond acceptors (Lipinski definition) is 3. The number of methoxy groups -OCH3 is 1. The second kappa shape index (κ2) is 7.95. The standard InChI is InChI=1S/C16H25NO2/c1-5-14(6-2)12(3)17-11-13-7-9-15(10-8-13)16(18)19-4/h7-10,12,14,17H,5-6,11H2,1-4H3. The van der Waals surface area contributed by atoms with Crippen LogP contribution in [0, 0.1) is 5.92 Å². The van der Waals surface area contributed by atoms with Crippen molar-refractivity contribution in [3.63, 3.8) is 0 Å². The molecule has 1 aromatic carbocycles. The molecule has 0 fully saturated rings. The summed E-state index contributed by atoms with van der Waals surface area (Å²) in [5.41, 5.74) is 1.78. The fourth-order valence-electron chi connectivity index (χ4n) is 2.32. The summed E-state index contributed by atoms with van der Waals surface area (Å²) in [5.74, 6) is 0.430. The van der Waals surface area contributed by atoms with E-state index in [2.05, 4.69) is 30.8 Å². The Kier molecular flexibility index (Phi) is 6.57. The molecule has 19 heavy (non-hydrogen) atoms. The molecule has 106 valence electrons. The second-order valence-electron chi connectivity index (χ2n) is 4.93. The number of rotatable bonds is 7. The van der Waals surface area contributed by atoms with Crippen molar-refractivity contribution in [3.05, 3.63) is 35.4 Å². The molecule has 1 atom stereocenters. The zero-order chi connectivity index (χ0) is 14.3. The lowest BCUT2D eigenvalue weighted by molar-refractivity contribution is 0.0600. The van der Waals surface area contributed by atoms with Crippen molar-refractivity contribution in [1.29, 1.82) is 0 Å². The van der Waals surface area contributed by atoms with Crippen LogP contribution < -0.4 is 5.32 Å². The Hall–Kier alpha value is -1.35. The van der Waals surface area contributed by atoms with E-state index >= 15 is 0 Å². The van der Waals surface area contributed by atoms with Gasteiger partial charge in [0.25, 0.3) is 0 Å². The molecule has 1 unspecified atom stereocenters. The number of esters is 1. The molecule has 0 aliphatic heterocycles. The molecule has 0 aliphatic carbocycles. The number of benzene rings is 1. The zero-order valence-corrected chi connectivity index (χ0v) is 12.4. The molecule has 0 amide bonds. The lowest BCUT2D eigenvalue weighted by Gasteiger charge is -2.22. The number of carbonyl (C=O) groups excluding carboxylic acids is 1. The molecular weight excluding hydrogens is 238 g/mol. The molecule has 1 N–H and O–H groups in total. The van der Waals surface area contributed by atoms with E-state index in [1.807, 2.05) is 24.3 Å². The maximum atomic E-state index is 11.3. The molecule has 3 nitrogen and oxygen atoms in total. The molecule has 0 radical (unpaired) electrons. The van der Waals surface area contributed by atoms with Crippen LogP contribution >= 0.6 is 0 Å². The number of nitrogens with one attached hydrogen (secondary N) is 1. The SMILES string of the molecule is CCC(CC)C(C)NCc1ccc(C(=O)OC)cc1. The van der Waals surface area contributed by atoms with Crippen molar-refractivity contribution < 1.29 is 9.53 Å². The second-order valence-corrected chi connectivity index (χ2v) is 4.93. The lowest BCUT2D eigenvalue weighted by Crippen LogP contribution is -2.32. The van der Waals surface area contributed by atoms with E-state index in [9.17, 15) is 4.79 Å². The highest BCUT2D eigenvalue weighted by atomic mass is 16.5. The van der Waals surface area contributed by atoms with Gasteiger partial charge in [-0.3, -0.25) is 0 Å². The van der Waals surface area contributed by atoms with Crippen molar-refractivity contribution in [2.24, 2.45) is 5.92 Å². The highest BCUT2D eigenvalue weighted by molar-refractivity contribution is 5.89. The molecular formula is C16H25NO2. The van der Waals surface area contributed by atoms with Gasteiger partial charge in [0.1, 0.15) is 0 Å². The van der Waals surface area contributed by atoms with Crippen LogP contribution in [0.4, 0.5) is 0 Å². The normalized spacial score (nSPS) is 12.5. The fraction of sp³-hybridized carbons (Fsp3) is 0.562. The summed E-state index contributed by atoms with van der Waals surface area (Å²) in [5, 5.41) is 3.55. The van der Waals surface area contributed by atoms with Gasteiger partial charge in [-0.15, -0.1) is 0 Å². The summed E-state index contributed by atoms with van der Waals surface area (Å²) in [6.45, 7) is 7.54. The van der Waals surface area contributed by atoms with Gasteiger partial charge in [0.15, 0.2) is 0 Å². The monoisotopic (exact) mass is 263 g/mol. The van der Waals surface area contributed by atoms with E-state index in [0.717, 1.165) is 6.54 Å². The van der Waals surface area contributed by atoms with Crippen molar-refractivity contribution in [2.75, 3.05) is 7.11 Å². The summed E-state index contributed by atoms with van der Waals surface area (Å²) in [6, 6.07) is 8.07. The van der Waals surface area contributed by atoms with Gasteiger partial charge >= 0.3 is 5.97 Å². The molecule has 0 spiro atoms. The summed E-state index contributed by atoms with van der Waals surface area (Å²) < 4.78 is 4.68. The fourth-order valence-corrected chi connectivity index (χ4v) is 2.32. The molecule has 3 heteroatoms. The predicted octanol–water partition coefficient (Wildman–Crippen LogP) is 3.39. The zero-order valence-electron chi connectivity index (χ0n) is 12.4. The first-order valence-corrected chi connectivity index (χ1v) is 7.03. The minimum atomic E-state index is -0.287. The van der Waals surface area contributed by atoms with Crippen molar-refractivity contribution in [1.82, 2.24) is 5.32 Å². The van der Waals surface area contributed by atoms with Gasteiger partial charge in [-0.05, 0) is 30.5 Å². The Morgan fingerprint density at radius 3 is 2.26 bits per heavy atom. The van der Waals surface area contributed by atoms with Crippen molar-refractivity contribution >= 4 is 5.97 Å². The molecule has 0 saturated carbocycles. The van der Waals surface area contributed by atoms with E-state index in [1.54, 1.807) is 0 Å². The van der Waals surface area contributed by atoms with Gasteiger partial charge in [0, 0.05) is 12.6 Å². The quantitative estimate of drug-likeness (QED) is 0.766. The van der Waals surface area contributed by atoms with Crippen LogP contribution in [0.5, 0.6) is 0 Å². The van der Waals surface area contributed by atoms with Crippen LogP contribution in [0.15, 0.2) is 24.3 Å². The van der Waals surface area contributed by atoms with E-state index < -0.39 is 0 Å². The van der Waals surface area contributed by atoms with Gasteiger partial charge in [0.2, 0.25) is 0 Å². The van der Waals surface area contributed by atoms with Gasteiger partial charge < -0.3 is 10.1 Å². The maximum absolute atomic E-state index is 11.3. The smallest absolute Gasteiger partial charge is 0.337 e. The predicted molar refractivity (Wildman–Crippen MR) is 78.2 cm³/mol. The number of ether oxygens (including phenoxy) is 1. The van der Waals surface area contributed by atoms with Crippen LogP contribution in [0.3, 0.4) is 0 Å². The van der Waals surface area contributed by atoms with E-state index in [0.29, 0.717) is 17.5 Å². The van der Waals surface area contributed by atoms with Crippen molar-refractivity contribution in [2.45, 2.75) is 46.2 Å². The van der Waals surface area contributed by atoms with Crippen LogP contribution in [0.1, 0.15) is 49.5 Å². The first kappa shape index (κ1) is 15.7. The summed E-state index contributed by atoms with van der Waals surface area (Å²) >= 11 is 0. The van der Waals surface area contributed by atoms with Crippen LogP contribution in [-0.4, -0.2) is 19.1 Å². The Labute approximate surface area is 116 Å². The molecule has 0 heterocycles. The largest absolute Gasteiger partial charge is 0.465 e. The highest BCUT2D eigenvalue weighted by Gasteiger charge is 2.12. The third kappa shape index (κ3) is 4.67. The van der Waals surface area contributed by atoms with E-state index in [-0.39, 0.29) is 5.97 Å². The van der Waals surface area contributed by atoms with Crippen molar-refractivity contribution in [3.8, 4) is 0 Å². The minimum Gasteiger partial charge on any atom is -0.465 e. The lowest BCUT2D eigenvalue weighted by atomic mass is 9.95. The summed E-state index contributed by atoms with van der Waals surface area (Å²) in [7, 11) is 1.40. The average Bonchev–Trinajstić information content (AvgIpc) is 2.46. The maximum Gasteiger partial charge on any atom is 0.337 e. The van der Waals surface area contributed by atoms with Gasteiger partial charge in [0.05, 0.1) is 12.7 Å². The van der Waals surface area contributed by atoms with Crippen LogP contribution in [0.2, 0.25) is 0 Å².